The van der Waals surface area contributed by atoms with Crippen molar-refractivity contribution < 1.29 is 0 Å². The molecule has 2 aromatic heterocycles. The van der Waals surface area contributed by atoms with Crippen LogP contribution >= 0.6 is 0 Å². The summed E-state index contributed by atoms with van der Waals surface area (Å²) in [6.45, 7) is 8.55. The van der Waals surface area contributed by atoms with E-state index in [-0.39, 0.29) is 0 Å². The summed E-state index contributed by atoms with van der Waals surface area (Å²) in [7, 11) is 0. The van der Waals surface area contributed by atoms with Gasteiger partial charge in [0.05, 0.1) is 13.1 Å². The summed E-state index contributed by atoms with van der Waals surface area (Å²) in [5.74, 6) is 2.96. The second-order valence-corrected chi connectivity index (χ2v) is 5.20. The molecule has 0 N–H and O–H groups in total. The number of aryl methyl sites for hydroxylation is 2. The van der Waals surface area contributed by atoms with Gasteiger partial charge in [0.1, 0.15) is 11.6 Å². The molecule has 1 aliphatic heterocycles. The lowest BCUT2D eigenvalue weighted by Crippen LogP contribution is -2.34. The standard InChI is InChI=1S/C12H20N8/c1-3-4-5-20-12(15-16-17-20)9-18-6-7-19-10(2)13-14-11(19)8-18/h3-9H2,1-2H3. The lowest BCUT2D eigenvalue weighted by Gasteiger charge is -2.26. The summed E-state index contributed by atoms with van der Waals surface area (Å²) in [5.41, 5.74) is 0. The first-order valence-corrected chi connectivity index (χ1v) is 7.14. The molecule has 2 aromatic rings. The second-order valence-electron chi connectivity index (χ2n) is 5.20. The van der Waals surface area contributed by atoms with Crippen molar-refractivity contribution in [1.82, 2.24) is 39.9 Å². The Morgan fingerprint density at radius 2 is 2.05 bits per heavy atom. The van der Waals surface area contributed by atoms with Crippen LogP contribution in [0.5, 0.6) is 0 Å². The fourth-order valence-corrected chi connectivity index (χ4v) is 2.51. The average molecular weight is 276 g/mol. The lowest BCUT2D eigenvalue weighted by atomic mass is 10.3. The van der Waals surface area contributed by atoms with Crippen LogP contribution in [0.3, 0.4) is 0 Å². The first-order valence-electron chi connectivity index (χ1n) is 7.14. The molecule has 20 heavy (non-hydrogen) atoms. The summed E-state index contributed by atoms with van der Waals surface area (Å²) >= 11 is 0. The van der Waals surface area contributed by atoms with Crippen LogP contribution in [0.15, 0.2) is 0 Å². The third kappa shape index (κ3) is 2.55. The van der Waals surface area contributed by atoms with E-state index in [4.69, 9.17) is 0 Å². The Kier molecular flexibility index (Phi) is 3.72. The molecule has 108 valence electrons. The zero-order valence-corrected chi connectivity index (χ0v) is 12.0. The summed E-state index contributed by atoms with van der Waals surface area (Å²) in [6.07, 6.45) is 2.25. The van der Waals surface area contributed by atoms with Crippen molar-refractivity contribution in [2.45, 2.75) is 52.9 Å². The van der Waals surface area contributed by atoms with Crippen LogP contribution in [0.25, 0.3) is 0 Å². The number of nitrogens with zero attached hydrogens (tertiary/aromatic N) is 8. The average Bonchev–Trinajstić information content (AvgIpc) is 3.04. The molecule has 0 aromatic carbocycles. The molecule has 0 radical (unpaired) electrons. The van der Waals surface area contributed by atoms with E-state index in [0.29, 0.717) is 0 Å². The molecule has 0 bridgehead atoms. The van der Waals surface area contributed by atoms with Crippen molar-refractivity contribution in [3.8, 4) is 0 Å². The number of fused-ring (bicyclic) bond motifs is 1. The normalized spacial score (nSPS) is 15.5. The molecule has 1 aliphatic rings. The molecule has 0 spiro atoms. The molecule has 0 atom stereocenters. The highest BCUT2D eigenvalue weighted by molar-refractivity contribution is 4.97. The second kappa shape index (κ2) is 5.66. The Bertz CT molecular complexity index is 572. The number of rotatable bonds is 5. The van der Waals surface area contributed by atoms with Crippen LogP contribution in [0.1, 0.15) is 37.2 Å². The first-order chi connectivity index (χ1) is 9.78. The van der Waals surface area contributed by atoms with Crippen molar-refractivity contribution in [2.24, 2.45) is 0 Å². The molecule has 3 rings (SSSR count). The number of tetrazole rings is 1. The van der Waals surface area contributed by atoms with Gasteiger partial charge in [-0.1, -0.05) is 13.3 Å². The summed E-state index contributed by atoms with van der Waals surface area (Å²) in [4.78, 5) is 2.32. The van der Waals surface area contributed by atoms with Gasteiger partial charge in [-0.05, 0) is 23.8 Å². The van der Waals surface area contributed by atoms with Crippen molar-refractivity contribution in [2.75, 3.05) is 6.54 Å². The Morgan fingerprint density at radius 3 is 2.90 bits per heavy atom. The summed E-state index contributed by atoms with van der Waals surface area (Å²) in [5, 5.41) is 20.3. The number of unbranched alkanes of at least 4 members (excludes halogenated alkanes) is 1. The van der Waals surface area contributed by atoms with Gasteiger partial charge in [0.25, 0.3) is 0 Å². The smallest absolute Gasteiger partial charge is 0.165 e. The molecular formula is C12H20N8. The highest BCUT2D eigenvalue weighted by atomic mass is 15.5. The van der Waals surface area contributed by atoms with Crippen LogP contribution in [0, 0.1) is 6.92 Å². The maximum Gasteiger partial charge on any atom is 0.165 e. The van der Waals surface area contributed by atoms with Crippen molar-refractivity contribution >= 4 is 0 Å². The van der Waals surface area contributed by atoms with Gasteiger partial charge in [-0.2, -0.15) is 0 Å². The molecule has 0 unspecified atom stereocenters. The Labute approximate surface area is 117 Å². The molecule has 3 heterocycles. The predicted octanol–water partition coefficient (Wildman–Crippen LogP) is 0.389. The zero-order valence-electron chi connectivity index (χ0n) is 12.0. The van der Waals surface area contributed by atoms with E-state index < -0.39 is 0 Å². The van der Waals surface area contributed by atoms with Gasteiger partial charge in [0.2, 0.25) is 0 Å². The van der Waals surface area contributed by atoms with E-state index in [2.05, 4.69) is 42.1 Å². The van der Waals surface area contributed by atoms with E-state index in [1.807, 2.05) is 11.6 Å². The monoisotopic (exact) mass is 276 g/mol. The molecule has 0 amide bonds. The minimum Gasteiger partial charge on any atom is -0.313 e. The Hall–Kier alpha value is -1.83. The van der Waals surface area contributed by atoms with Crippen molar-refractivity contribution in [1.29, 1.82) is 0 Å². The lowest BCUT2D eigenvalue weighted by molar-refractivity contribution is 0.199. The van der Waals surface area contributed by atoms with Gasteiger partial charge >= 0.3 is 0 Å². The molecular weight excluding hydrogens is 256 g/mol. The first kappa shape index (κ1) is 13.2. The number of hydrogen-bond donors (Lipinski definition) is 0. The molecule has 8 nitrogen and oxygen atoms in total. The van der Waals surface area contributed by atoms with E-state index in [1.54, 1.807) is 0 Å². The van der Waals surface area contributed by atoms with E-state index >= 15 is 0 Å². The summed E-state index contributed by atoms with van der Waals surface area (Å²) < 4.78 is 4.09. The maximum absolute atomic E-state index is 4.22. The van der Waals surface area contributed by atoms with Gasteiger partial charge < -0.3 is 4.57 Å². The van der Waals surface area contributed by atoms with Gasteiger partial charge in [-0.25, -0.2) is 4.68 Å². The highest BCUT2D eigenvalue weighted by Crippen LogP contribution is 2.13. The minimum atomic E-state index is 0.766. The number of hydrogen-bond acceptors (Lipinski definition) is 6. The molecule has 0 aliphatic carbocycles. The van der Waals surface area contributed by atoms with Crippen LogP contribution in [-0.4, -0.2) is 46.4 Å². The fourth-order valence-electron chi connectivity index (χ4n) is 2.51. The minimum absolute atomic E-state index is 0.766. The maximum atomic E-state index is 4.22. The predicted molar refractivity (Wildman–Crippen MR) is 71.6 cm³/mol. The van der Waals surface area contributed by atoms with Crippen LogP contribution < -0.4 is 0 Å². The van der Waals surface area contributed by atoms with Crippen LogP contribution in [0.4, 0.5) is 0 Å². The van der Waals surface area contributed by atoms with Gasteiger partial charge in [-0.3, -0.25) is 4.90 Å². The van der Waals surface area contributed by atoms with Gasteiger partial charge in [0.15, 0.2) is 5.82 Å². The van der Waals surface area contributed by atoms with Crippen LogP contribution in [0.2, 0.25) is 0 Å². The fraction of sp³-hybridized carbons (Fsp3) is 0.750. The highest BCUT2D eigenvalue weighted by Gasteiger charge is 2.21. The molecule has 0 fully saturated rings. The third-order valence-electron chi connectivity index (χ3n) is 3.71. The largest absolute Gasteiger partial charge is 0.313 e. The van der Waals surface area contributed by atoms with E-state index in [9.17, 15) is 0 Å². The Morgan fingerprint density at radius 1 is 1.15 bits per heavy atom. The molecule has 0 saturated carbocycles. The quantitative estimate of drug-likeness (QED) is 0.786. The van der Waals surface area contributed by atoms with E-state index in [0.717, 1.165) is 63.0 Å². The van der Waals surface area contributed by atoms with Crippen molar-refractivity contribution in [3.05, 3.63) is 17.5 Å². The summed E-state index contributed by atoms with van der Waals surface area (Å²) in [6, 6.07) is 0. The van der Waals surface area contributed by atoms with Gasteiger partial charge in [-0.15, -0.1) is 15.3 Å². The SMILES string of the molecule is CCCCn1nnnc1CN1CCn2c(C)nnc2C1. The van der Waals surface area contributed by atoms with Crippen molar-refractivity contribution in [3.63, 3.8) is 0 Å². The zero-order chi connectivity index (χ0) is 13.9. The molecule has 0 saturated heterocycles. The topological polar surface area (TPSA) is 77.5 Å². The number of aromatic nitrogens is 7. The Balaban J connectivity index is 1.66. The third-order valence-corrected chi connectivity index (χ3v) is 3.71. The molecule has 8 heteroatoms. The van der Waals surface area contributed by atoms with Crippen LogP contribution in [-0.2, 0) is 26.2 Å². The van der Waals surface area contributed by atoms with E-state index in [1.165, 1.54) is 0 Å². The van der Waals surface area contributed by atoms with Gasteiger partial charge in [0, 0.05) is 19.6 Å².